The summed E-state index contributed by atoms with van der Waals surface area (Å²) in [5.41, 5.74) is 2.00. The van der Waals surface area contributed by atoms with Gasteiger partial charge < -0.3 is 15.4 Å². The van der Waals surface area contributed by atoms with Crippen LogP contribution in [0.5, 0.6) is 0 Å². The standard InChI is InChI=1S/C19H28N2O3/c1-19(2,3)15-7-5-13(6-8-15)17(22)14-11-16(21-12-14)18(23)20-9-10-24-4/h5-8,14,16,21H,9-12H2,1-4H3,(H,20,23). The molecule has 1 heterocycles. The third-order valence-corrected chi connectivity index (χ3v) is 4.46. The van der Waals surface area contributed by atoms with Gasteiger partial charge in [-0.15, -0.1) is 0 Å². The maximum atomic E-state index is 12.6. The molecule has 132 valence electrons. The van der Waals surface area contributed by atoms with Crippen molar-refractivity contribution in [1.29, 1.82) is 0 Å². The highest BCUT2D eigenvalue weighted by Gasteiger charge is 2.33. The average molecular weight is 332 g/mol. The number of methoxy groups -OCH3 is 1. The van der Waals surface area contributed by atoms with E-state index >= 15 is 0 Å². The summed E-state index contributed by atoms with van der Waals surface area (Å²) in [7, 11) is 1.60. The minimum Gasteiger partial charge on any atom is -0.383 e. The van der Waals surface area contributed by atoms with Gasteiger partial charge in [0.05, 0.1) is 12.6 Å². The molecule has 1 aliphatic rings. The molecule has 1 amide bonds. The lowest BCUT2D eigenvalue weighted by atomic mass is 9.85. The fourth-order valence-corrected chi connectivity index (χ4v) is 2.90. The topological polar surface area (TPSA) is 67.4 Å². The van der Waals surface area contributed by atoms with E-state index in [2.05, 4.69) is 31.4 Å². The fraction of sp³-hybridized carbons (Fsp3) is 0.579. The van der Waals surface area contributed by atoms with E-state index in [1.54, 1.807) is 7.11 Å². The van der Waals surface area contributed by atoms with Crippen LogP contribution in [0.15, 0.2) is 24.3 Å². The Morgan fingerprint density at radius 1 is 1.25 bits per heavy atom. The van der Waals surface area contributed by atoms with Crippen molar-refractivity contribution < 1.29 is 14.3 Å². The van der Waals surface area contributed by atoms with Crippen LogP contribution in [-0.4, -0.2) is 44.5 Å². The second kappa shape index (κ2) is 7.90. The molecule has 1 saturated heterocycles. The average Bonchev–Trinajstić information content (AvgIpc) is 3.03. The number of amides is 1. The van der Waals surface area contributed by atoms with Crippen molar-refractivity contribution >= 4 is 11.7 Å². The summed E-state index contributed by atoms with van der Waals surface area (Å²) >= 11 is 0. The normalized spacial score (nSPS) is 20.8. The van der Waals surface area contributed by atoms with Crippen LogP contribution in [0.25, 0.3) is 0 Å². The first-order valence-electron chi connectivity index (χ1n) is 8.47. The monoisotopic (exact) mass is 332 g/mol. The molecule has 0 spiro atoms. The second-order valence-electron chi connectivity index (χ2n) is 7.37. The third-order valence-electron chi connectivity index (χ3n) is 4.46. The molecule has 1 aromatic rings. The van der Waals surface area contributed by atoms with E-state index < -0.39 is 0 Å². The summed E-state index contributed by atoms with van der Waals surface area (Å²) in [6.07, 6.45) is 0.540. The van der Waals surface area contributed by atoms with Crippen LogP contribution in [0.4, 0.5) is 0 Å². The predicted molar refractivity (Wildman–Crippen MR) is 94.3 cm³/mol. The van der Waals surface area contributed by atoms with Gasteiger partial charge in [0.25, 0.3) is 0 Å². The number of rotatable bonds is 6. The van der Waals surface area contributed by atoms with Crippen LogP contribution in [0.2, 0.25) is 0 Å². The van der Waals surface area contributed by atoms with Gasteiger partial charge in [0, 0.05) is 31.7 Å². The van der Waals surface area contributed by atoms with Crippen LogP contribution < -0.4 is 10.6 Å². The summed E-state index contributed by atoms with van der Waals surface area (Å²) in [5.74, 6) is -0.107. The Labute approximate surface area is 144 Å². The van der Waals surface area contributed by atoms with Gasteiger partial charge in [0.2, 0.25) is 5.91 Å². The van der Waals surface area contributed by atoms with Crippen LogP contribution in [0.3, 0.4) is 0 Å². The van der Waals surface area contributed by atoms with E-state index in [0.717, 1.165) is 5.56 Å². The van der Waals surface area contributed by atoms with Gasteiger partial charge >= 0.3 is 0 Å². The zero-order chi connectivity index (χ0) is 17.7. The Morgan fingerprint density at radius 2 is 1.92 bits per heavy atom. The largest absolute Gasteiger partial charge is 0.383 e. The van der Waals surface area contributed by atoms with Gasteiger partial charge in [-0.3, -0.25) is 9.59 Å². The van der Waals surface area contributed by atoms with Gasteiger partial charge in [-0.05, 0) is 17.4 Å². The Balaban J connectivity index is 1.93. The lowest BCUT2D eigenvalue weighted by Gasteiger charge is -2.19. The Hall–Kier alpha value is -1.72. The summed E-state index contributed by atoms with van der Waals surface area (Å²) in [4.78, 5) is 24.7. The van der Waals surface area contributed by atoms with Crippen molar-refractivity contribution in [2.45, 2.75) is 38.6 Å². The molecule has 1 fully saturated rings. The zero-order valence-corrected chi connectivity index (χ0v) is 15.0. The number of benzene rings is 1. The fourth-order valence-electron chi connectivity index (χ4n) is 2.90. The molecule has 5 heteroatoms. The van der Waals surface area contributed by atoms with Crippen LogP contribution >= 0.6 is 0 Å². The molecular weight excluding hydrogens is 304 g/mol. The number of Topliss-reactive ketones (excluding diaryl/α,β-unsaturated/α-hetero) is 1. The van der Waals surface area contributed by atoms with E-state index in [4.69, 9.17) is 4.74 Å². The maximum absolute atomic E-state index is 12.6. The number of hydrogen-bond donors (Lipinski definition) is 2. The summed E-state index contributed by atoms with van der Waals surface area (Å²) < 4.78 is 4.92. The van der Waals surface area contributed by atoms with E-state index in [1.165, 1.54) is 5.56 Å². The van der Waals surface area contributed by atoms with Crippen LogP contribution in [-0.2, 0) is 14.9 Å². The number of ketones is 1. The molecule has 0 aromatic heterocycles. The van der Waals surface area contributed by atoms with Crippen molar-refractivity contribution in [2.75, 3.05) is 26.8 Å². The lowest BCUT2D eigenvalue weighted by molar-refractivity contribution is -0.123. The van der Waals surface area contributed by atoms with Crippen molar-refractivity contribution in [3.05, 3.63) is 35.4 Å². The van der Waals surface area contributed by atoms with E-state index in [9.17, 15) is 9.59 Å². The quantitative estimate of drug-likeness (QED) is 0.617. The first-order chi connectivity index (χ1) is 11.3. The van der Waals surface area contributed by atoms with Crippen molar-refractivity contribution in [2.24, 2.45) is 5.92 Å². The van der Waals surface area contributed by atoms with Gasteiger partial charge in [0.15, 0.2) is 5.78 Å². The Morgan fingerprint density at radius 3 is 2.50 bits per heavy atom. The number of carbonyl (C=O) groups excluding carboxylic acids is 2. The minimum absolute atomic E-state index is 0.0644. The molecular formula is C19H28N2O3. The minimum atomic E-state index is -0.301. The van der Waals surface area contributed by atoms with E-state index in [1.807, 2.05) is 24.3 Å². The second-order valence-corrected chi connectivity index (χ2v) is 7.37. The van der Waals surface area contributed by atoms with Crippen molar-refractivity contribution in [3.8, 4) is 0 Å². The number of carbonyl (C=O) groups is 2. The number of hydrogen-bond acceptors (Lipinski definition) is 4. The Kier molecular flexibility index (Phi) is 6.13. The van der Waals surface area contributed by atoms with Crippen LogP contribution in [0.1, 0.15) is 43.1 Å². The molecule has 2 atom stereocenters. The predicted octanol–water partition coefficient (Wildman–Crippen LogP) is 1.91. The zero-order valence-electron chi connectivity index (χ0n) is 15.0. The molecule has 1 aliphatic heterocycles. The lowest BCUT2D eigenvalue weighted by Crippen LogP contribution is -2.41. The molecule has 5 nitrogen and oxygen atoms in total. The smallest absolute Gasteiger partial charge is 0.237 e. The van der Waals surface area contributed by atoms with Crippen molar-refractivity contribution in [1.82, 2.24) is 10.6 Å². The molecule has 0 radical (unpaired) electrons. The molecule has 0 bridgehead atoms. The van der Waals surface area contributed by atoms with Crippen molar-refractivity contribution in [3.63, 3.8) is 0 Å². The molecule has 2 unspecified atom stereocenters. The summed E-state index contributed by atoms with van der Waals surface area (Å²) in [6.45, 7) is 7.97. The highest BCUT2D eigenvalue weighted by atomic mass is 16.5. The summed E-state index contributed by atoms with van der Waals surface area (Å²) in [6, 6.07) is 7.53. The molecule has 2 rings (SSSR count). The molecule has 2 N–H and O–H groups in total. The first-order valence-corrected chi connectivity index (χ1v) is 8.47. The van der Waals surface area contributed by atoms with E-state index in [-0.39, 0.29) is 29.1 Å². The van der Waals surface area contributed by atoms with Crippen LogP contribution in [0, 0.1) is 5.92 Å². The van der Waals surface area contributed by atoms with Gasteiger partial charge in [0.1, 0.15) is 0 Å². The number of ether oxygens (including phenoxy) is 1. The molecule has 1 aromatic carbocycles. The molecule has 0 saturated carbocycles. The number of nitrogens with one attached hydrogen (secondary N) is 2. The highest BCUT2D eigenvalue weighted by Crippen LogP contribution is 2.24. The summed E-state index contributed by atoms with van der Waals surface area (Å²) in [5, 5.41) is 5.96. The van der Waals surface area contributed by atoms with Gasteiger partial charge in [-0.2, -0.15) is 0 Å². The maximum Gasteiger partial charge on any atom is 0.237 e. The Bertz CT molecular complexity index is 575. The third kappa shape index (κ3) is 4.65. The van der Waals surface area contributed by atoms with Gasteiger partial charge in [-0.1, -0.05) is 45.0 Å². The SMILES string of the molecule is COCCNC(=O)C1CC(C(=O)c2ccc(C(C)(C)C)cc2)CN1. The van der Waals surface area contributed by atoms with Gasteiger partial charge in [-0.25, -0.2) is 0 Å². The van der Waals surface area contributed by atoms with E-state index in [0.29, 0.717) is 26.1 Å². The molecule has 0 aliphatic carbocycles. The highest BCUT2D eigenvalue weighted by molar-refractivity contribution is 5.99. The first kappa shape index (κ1) is 18.6. The molecule has 24 heavy (non-hydrogen) atoms.